The van der Waals surface area contributed by atoms with Crippen molar-refractivity contribution in [3.8, 4) is 0 Å². The molecule has 0 unspecified atom stereocenters. The summed E-state index contributed by atoms with van der Waals surface area (Å²) < 4.78 is 1.02. The number of halogens is 1. The van der Waals surface area contributed by atoms with Gasteiger partial charge in [-0.05, 0) is 99.4 Å². The number of fused-ring (bicyclic) bond motifs is 3. The van der Waals surface area contributed by atoms with Crippen LogP contribution in [-0.4, -0.2) is 4.98 Å². The molecule has 1 aliphatic carbocycles. The van der Waals surface area contributed by atoms with Gasteiger partial charge in [-0.3, -0.25) is 0 Å². The van der Waals surface area contributed by atoms with E-state index in [9.17, 15) is 0 Å². The quantitative estimate of drug-likeness (QED) is 0.352. The number of aromatic amines is 1. The Balaban J connectivity index is 1.64. The Morgan fingerprint density at radius 2 is 1.81 bits per heavy atom. The number of rotatable bonds is 2. The molecule has 0 spiro atoms. The summed E-state index contributed by atoms with van der Waals surface area (Å²) >= 11 is 3.57. The van der Waals surface area contributed by atoms with Crippen LogP contribution in [0.15, 0.2) is 58.7 Å². The van der Waals surface area contributed by atoms with Crippen molar-refractivity contribution in [3.05, 3.63) is 86.5 Å². The lowest BCUT2D eigenvalue weighted by Gasteiger charge is -2.08. The lowest BCUT2D eigenvalue weighted by Crippen LogP contribution is -1.92. The molecule has 5 rings (SSSR count). The van der Waals surface area contributed by atoms with Crippen LogP contribution in [0.25, 0.3) is 27.8 Å². The first kappa shape index (κ1) is 15.9. The highest BCUT2D eigenvalue weighted by Crippen LogP contribution is 2.36. The van der Waals surface area contributed by atoms with E-state index in [-0.39, 0.29) is 0 Å². The number of H-pyrrole nitrogens is 1. The van der Waals surface area contributed by atoms with Crippen LogP contribution in [0.4, 0.5) is 0 Å². The smallest absolute Gasteiger partial charge is 0.0824 e. The van der Waals surface area contributed by atoms with Crippen LogP contribution in [0.3, 0.4) is 0 Å². The number of aromatic nitrogens is 1. The van der Waals surface area contributed by atoms with E-state index >= 15 is 0 Å². The molecule has 1 heterocycles. The average Bonchev–Trinajstić information content (AvgIpc) is 3.17. The molecule has 0 bridgehead atoms. The average molecular weight is 402 g/mol. The van der Waals surface area contributed by atoms with Crippen LogP contribution in [0, 0.1) is 13.8 Å². The summed E-state index contributed by atoms with van der Waals surface area (Å²) in [6, 6.07) is 17.7. The third kappa shape index (κ3) is 2.44. The number of benzene rings is 2. The minimum Gasteiger partial charge on any atom is -0.349 e. The van der Waals surface area contributed by atoms with Crippen LogP contribution in [0.5, 0.6) is 0 Å². The minimum atomic E-state index is 1.02. The number of allylic oxidation sites excluding steroid dienone is 1. The number of nitrogens with one attached hydrogen (secondary N) is 1. The van der Waals surface area contributed by atoms with Crippen molar-refractivity contribution in [2.75, 3.05) is 0 Å². The van der Waals surface area contributed by atoms with E-state index in [1.54, 1.807) is 0 Å². The normalized spacial score (nSPS) is 13.4. The molecule has 26 heavy (non-hydrogen) atoms. The van der Waals surface area contributed by atoms with E-state index in [1.807, 2.05) is 0 Å². The van der Waals surface area contributed by atoms with Gasteiger partial charge in [0.05, 0.1) is 4.60 Å². The van der Waals surface area contributed by atoms with E-state index in [1.165, 1.54) is 55.1 Å². The van der Waals surface area contributed by atoms with Crippen molar-refractivity contribution < 1.29 is 0 Å². The zero-order valence-corrected chi connectivity index (χ0v) is 16.6. The monoisotopic (exact) mass is 401 g/mol. The molecular weight excluding hydrogens is 382 g/mol. The fourth-order valence-electron chi connectivity index (χ4n) is 4.37. The van der Waals surface area contributed by atoms with E-state index < -0.39 is 0 Å². The molecule has 0 radical (unpaired) electrons. The topological polar surface area (TPSA) is 15.8 Å². The summed E-state index contributed by atoms with van der Waals surface area (Å²) in [6.45, 7) is 4.49. The predicted octanol–water partition coefficient (Wildman–Crippen LogP) is 6.88. The first-order chi connectivity index (χ1) is 12.6. The third-order valence-electron chi connectivity index (χ3n) is 5.73. The Kier molecular flexibility index (Phi) is 3.58. The summed E-state index contributed by atoms with van der Waals surface area (Å²) in [5.74, 6) is 0. The summed E-state index contributed by atoms with van der Waals surface area (Å²) in [4.78, 5) is 3.47. The third-order valence-corrected chi connectivity index (χ3v) is 6.19. The summed E-state index contributed by atoms with van der Waals surface area (Å²) in [7, 11) is 0. The first-order valence-electron chi connectivity index (χ1n) is 9.07. The first-order valence-corrected chi connectivity index (χ1v) is 9.87. The number of pyridine rings is 1. The van der Waals surface area contributed by atoms with Crippen LogP contribution in [0.2, 0.25) is 0 Å². The molecule has 0 atom stereocenters. The molecule has 1 N–H and O–H groups in total. The maximum Gasteiger partial charge on any atom is 0.0824 e. The molecule has 0 saturated carbocycles. The molecule has 4 aromatic rings. The van der Waals surface area contributed by atoms with Gasteiger partial charge in [0.15, 0.2) is 0 Å². The predicted molar refractivity (Wildman–Crippen MR) is 115 cm³/mol. The standard InChI is InChI=1S/C24H20BrN/c1-14-9-21-15(2)19-7-8-24(25)26-23(19)13-22(21)20(14)12-16-10-17-5-3-4-6-18(17)11-16/h3-10,13,26H,11-12H2,1-2H3. The zero-order chi connectivity index (χ0) is 17.8. The largest absolute Gasteiger partial charge is 0.349 e. The maximum atomic E-state index is 3.57. The zero-order valence-electron chi connectivity index (χ0n) is 15.0. The second-order valence-corrected chi connectivity index (χ2v) is 8.25. The van der Waals surface area contributed by atoms with Crippen LogP contribution in [0.1, 0.15) is 27.8 Å². The summed E-state index contributed by atoms with van der Waals surface area (Å²) in [6.07, 6.45) is 4.49. The Morgan fingerprint density at radius 1 is 0.962 bits per heavy atom. The van der Waals surface area contributed by atoms with Crippen molar-refractivity contribution >= 4 is 43.7 Å². The van der Waals surface area contributed by atoms with Crippen LogP contribution >= 0.6 is 15.9 Å². The van der Waals surface area contributed by atoms with Gasteiger partial charge in [-0.25, -0.2) is 0 Å². The van der Waals surface area contributed by atoms with E-state index in [2.05, 4.69) is 89.4 Å². The van der Waals surface area contributed by atoms with Gasteiger partial charge < -0.3 is 4.98 Å². The highest BCUT2D eigenvalue weighted by atomic mass is 79.9. The highest BCUT2D eigenvalue weighted by molar-refractivity contribution is 9.10. The van der Waals surface area contributed by atoms with Crippen LogP contribution < -0.4 is 0 Å². The second-order valence-electron chi connectivity index (χ2n) is 7.39. The van der Waals surface area contributed by atoms with Crippen molar-refractivity contribution in [2.45, 2.75) is 26.7 Å². The van der Waals surface area contributed by atoms with Crippen molar-refractivity contribution in [2.24, 2.45) is 0 Å². The molecule has 128 valence electrons. The number of hydrogen-bond acceptors (Lipinski definition) is 0. The van der Waals surface area contributed by atoms with Gasteiger partial charge in [0.25, 0.3) is 0 Å². The molecule has 0 amide bonds. The number of aryl methyl sites for hydroxylation is 2. The van der Waals surface area contributed by atoms with Crippen molar-refractivity contribution in [1.29, 1.82) is 0 Å². The fourth-order valence-corrected chi connectivity index (χ4v) is 4.72. The molecule has 1 nitrogen and oxygen atoms in total. The number of hydrogen-bond donors (Lipinski definition) is 1. The molecule has 2 heteroatoms. The molecule has 1 aliphatic rings. The maximum absolute atomic E-state index is 3.57. The Labute approximate surface area is 161 Å². The lowest BCUT2D eigenvalue weighted by molar-refractivity contribution is 1.07. The van der Waals surface area contributed by atoms with E-state index in [0.29, 0.717) is 0 Å². The molecule has 0 aliphatic heterocycles. The van der Waals surface area contributed by atoms with Gasteiger partial charge in [0.2, 0.25) is 0 Å². The van der Waals surface area contributed by atoms with Gasteiger partial charge in [-0.1, -0.05) is 42.0 Å². The molecule has 3 aromatic carbocycles. The molecule has 1 aromatic heterocycles. The van der Waals surface area contributed by atoms with Crippen molar-refractivity contribution in [3.63, 3.8) is 0 Å². The van der Waals surface area contributed by atoms with Crippen molar-refractivity contribution in [1.82, 2.24) is 4.98 Å². The SMILES string of the molecule is Cc1cc2c(C)c3ccc(Br)[nH]c3cc2c1CC1=Cc2ccccc2C1. The molecule has 0 saturated heterocycles. The Morgan fingerprint density at radius 3 is 2.65 bits per heavy atom. The lowest BCUT2D eigenvalue weighted by atomic mass is 9.98. The van der Waals surface area contributed by atoms with Gasteiger partial charge in [0.1, 0.15) is 0 Å². The highest BCUT2D eigenvalue weighted by Gasteiger charge is 2.17. The van der Waals surface area contributed by atoms with E-state index in [0.717, 1.165) is 17.4 Å². The minimum absolute atomic E-state index is 1.02. The fraction of sp³-hybridized carbons (Fsp3) is 0.167. The van der Waals surface area contributed by atoms with Crippen LogP contribution in [-0.2, 0) is 12.8 Å². The van der Waals surface area contributed by atoms with E-state index in [4.69, 9.17) is 0 Å². The Hall–Kier alpha value is -2.32. The molecular formula is C24H20BrN. The van der Waals surface area contributed by atoms with Gasteiger partial charge in [0, 0.05) is 10.9 Å². The second kappa shape index (κ2) is 5.85. The van der Waals surface area contributed by atoms with Gasteiger partial charge in [-0.15, -0.1) is 0 Å². The van der Waals surface area contributed by atoms with Gasteiger partial charge in [-0.2, -0.15) is 0 Å². The van der Waals surface area contributed by atoms with Gasteiger partial charge >= 0.3 is 0 Å². The summed E-state index contributed by atoms with van der Waals surface area (Å²) in [5.41, 5.74) is 9.77. The summed E-state index contributed by atoms with van der Waals surface area (Å²) in [5, 5.41) is 4.07. The molecule has 0 fully saturated rings. The Bertz CT molecular complexity index is 1210.